The molecule has 0 spiro atoms. The number of benzene rings is 2. The number of hydrogen-bond donors (Lipinski definition) is 0. The summed E-state index contributed by atoms with van der Waals surface area (Å²) < 4.78 is 13.6. The number of fused-ring (bicyclic) bond motifs is 1. The Morgan fingerprint density at radius 3 is 2.40 bits per heavy atom. The first kappa shape index (κ1) is 10.2. The van der Waals surface area contributed by atoms with Crippen LogP contribution in [0, 0.1) is 0 Å². The van der Waals surface area contributed by atoms with Crippen LogP contribution in [-0.4, -0.2) is 5.67 Å². The number of alkyl halides is 1. The fraction of sp³-hybridized carbons (Fsp3) is 0.286. The first-order valence-corrected chi connectivity index (χ1v) is 5.22. The molecule has 0 unspecified atom stereocenters. The fourth-order valence-corrected chi connectivity index (χ4v) is 1.90. The summed E-state index contributed by atoms with van der Waals surface area (Å²) in [5, 5.41) is 2.34. The fourth-order valence-electron chi connectivity index (χ4n) is 1.90. The summed E-state index contributed by atoms with van der Waals surface area (Å²) in [5.41, 5.74) is -0.0648. The van der Waals surface area contributed by atoms with Crippen molar-refractivity contribution in [3.05, 3.63) is 48.0 Å². The zero-order valence-corrected chi connectivity index (χ0v) is 9.13. The molecule has 78 valence electrons. The van der Waals surface area contributed by atoms with Crippen LogP contribution in [0.1, 0.15) is 19.4 Å². The molecule has 0 bridgehead atoms. The Morgan fingerprint density at radius 1 is 1.00 bits per heavy atom. The van der Waals surface area contributed by atoms with Crippen LogP contribution in [0.3, 0.4) is 0 Å². The average Bonchev–Trinajstić information content (AvgIpc) is 2.16. The van der Waals surface area contributed by atoms with Crippen molar-refractivity contribution in [1.82, 2.24) is 0 Å². The van der Waals surface area contributed by atoms with E-state index in [1.807, 2.05) is 24.3 Å². The molecule has 0 saturated heterocycles. The van der Waals surface area contributed by atoms with E-state index in [4.69, 9.17) is 0 Å². The summed E-state index contributed by atoms with van der Waals surface area (Å²) >= 11 is 0. The van der Waals surface area contributed by atoms with Gasteiger partial charge in [-0.2, -0.15) is 0 Å². The predicted molar refractivity (Wildman–Crippen MR) is 62.8 cm³/mol. The third-order valence-corrected chi connectivity index (χ3v) is 2.49. The molecule has 2 aromatic carbocycles. The number of rotatable bonds is 2. The quantitative estimate of drug-likeness (QED) is 0.686. The van der Waals surface area contributed by atoms with E-state index in [1.54, 1.807) is 13.8 Å². The molecule has 15 heavy (non-hydrogen) atoms. The minimum absolute atomic E-state index is 0.467. The summed E-state index contributed by atoms with van der Waals surface area (Å²) in [6, 6.07) is 14.2. The van der Waals surface area contributed by atoms with Crippen LogP contribution < -0.4 is 0 Å². The van der Waals surface area contributed by atoms with Crippen LogP contribution >= 0.6 is 0 Å². The third kappa shape index (κ3) is 2.35. The summed E-state index contributed by atoms with van der Waals surface area (Å²) in [6.45, 7) is 3.24. The highest BCUT2D eigenvalue weighted by atomic mass is 19.1. The van der Waals surface area contributed by atoms with Gasteiger partial charge in [0.05, 0.1) is 0 Å². The Labute approximate surface area is 89.7 Å². The Hall–Kier alpha value is -1.37. The van der Waals surface area contributed by atoms with E-state index in [-0.39, 0.29) is 0 Å². The Bertz CT molecular complexity index is 461. The van der Waals surface area contributed by atoms with Gasteiger partial charge in [-0.05, 0) is 30.2 Å². The van der Waals surface area contributed by atoms with Gasteiger partial charge in [0.2, 0.25) is 0 Å². The maximum Gasteiger partial charge on any atom is 0.109 e. The molecule has 0 saturated carbocycles. The van der Waals surface area contributed by atoms with E-state index in [0.717, 1.165) is 10.9 Å². The highest BCUT2D eigenvalue weighted by molar-refractivity contribution is 5.85. The monoisotopic (exact) mass is 202 g/mol. The van der Waals surface area contributed by atoms with Crippen molar-refractivity contribution < 1.29 is 4.39 Å². The van der Waals surface area contributed by atoms with Gasteiger partial charge in [-0.15, -0.1) is 0 Å². The zero-order valence-electron chi connectivity index (χ0n) is 9.13. The van der Waals surface area contributed by atoms with Gasteiger partial charge >= 0.3 is 0 Å². The van der Waals surface area contributed by atoms with Gasteiger partial charge in [-0.3, -0.25) is 0 Å². The predicted octanol–water partition coefficient (Wildman–Crippen LogP) is 4.13. The Kier molecular flexibility index (Phi) is 2.47. The number of hydrogen-bond acceptors (Lipinski definition) is 0. The van der Waals surface area contributed by atoms with E-state index in [2.05, 4.69) is 18.2 Å². The van der Waals surface area contributed by atoms with Crippen molar-refractivity contribution in [3.63, 3.8) is 0 Å². The average molecular weight is 202 g/mol. The van der Waals surface area contributed by atoms with E-state index in [1.165, 1.54) is 5.39 Å². The largest absolute Gasteiger partial charge is 0.244 e. The first-order valence-electron chi connectivity index (χ1n) is 5.22. The van der Waals surface area contributed by atoms with Crippen LogP contribution in [0.4, 0.5) is 4.39 Å². The van der Waals surface area contributed by atoms with Gasteiger partial charge in [0.15, 0.2) is 0 Å². The summed E-state index contributed by atoms with van der Waals surface area (Å²) in [7, 11) is 0. The summed E-state index contributed by atoms with van der Waals surface area (Å²) in [4.78, 5) is 0. The molecule has 1 heteroatoms. The van der Waals surface area contributed by atoms with Crippen molar-refractivity contribution in [3.8, 4) is 0 Å². The molecule has 0 nitrogen and oxygen atoms in total. The number of halogens is 1. The Morgan fingerprint density at radius 2 is 1.67 bits per heavy atom. The van der Waals surface area contributed by atoms with Crippen LogP contribution in [0.2, 0.25) is 0 Å². The van der Waals surface area contributed by atoms with Crippen molar-refractivity contribution >= 4 is 10.8 Å². The Balaban J connectivity index is 2.52. The van der Waals surface area contributed by atoms with E-state index in [9.17, 15) is 4.39 Å². The molecule has 0 N–H and O–H groups in total. The lowest BCUT2D eigenvalue weighted by atomic mass is 9.95. The second-order valence-electron chi connectivity index (χ2n) is 4.53. The smallest absolute Gasteiger partial charge is 0.109 e. The second-order valence-corrected chi connectivity index (χ2v) is 4.53. The highest BCUT2D eigenvalue weighted by Crippen LogP contribution is 2.24. The van der Waals surface area contributed by atoms with E-state index in [0.29, 0.717) is 6.42 Å². The SMILES string of the molecule is CC(C)(F)Cc1cccc2ccccc12. The molecule has 0 fully saturated rings. The van der Waals surface area contributed by atoms with Crippen molar-refractivity contribution in [2.45, 2.75) is 25.9 Å². The molecular weight excluding hydrogens is 187 g/mol. The maximum atomic E-state index is 13.6. The van der Waals surface area contributed by atoms with Crippen LogP contribution in [0.5, 0.6) is 0 Å². The molecule has 2 rings (SSSR count). The topological polar surface area (TPSA) is 0 Å². The minimum Gasteiger partial charge on any atom is -0.244 e. The van der Waals surface area contributed by atoms with Gasteiger partial charge in [0.1, 0.15) is 5.67 Å². The lowest BCUT2D eigenvalue weighted by Gasteiger charge is -2.15. The molecule has 0 aromatic heterocycles. The van der Waals surface area contributed by atoms with E-state index >= 15 is 0 Å². The van der Waals surface area contributed by atoms with Crippen LogP contribution in [0.25, 0.3) is 10.8 Å². The molecule has 0 aliphatic rings. The molecular formula is C14H15F. The first-order chi connectivity index (χ1) is 7.06. The second kappa shape index (κ2) is 3.65. The van der Waals surface area contributed by atoms with Crippen molar-refractivity contribution in [1.29, 1.82) is 0 Å². The van der Waals surface area contributed by atoms with Gasteiger partial charge in [-0.25, -0.2) is 4.39 Å². The standard InChI is InChI=1S/C14H15F/c1-14(2,15)10-12-8-5-7-11-6-3-4-9-13(11)12/h3-9H,10H2,1-2H3. The molecule has 0 aliphatic carbocycles. The van der Waals surface area contributed by atoms with Gasteiger partial charge in [0.25, 0.3) is 0 Å². The lowest BCUT2D eigenvalue weighted by Crippen LogP contribution is -2.15. The van der Waals surface area contributed by atoms with Crippen molar-refractivity contribution in [2.75, 3.05) is 0 Å². The van der Waals surface area contributed by atoms with Crippen LogP contribution in [-0.2, 0) is 6.42 Å². The normalized spacial score (nSPS) is 11.9. The summed E-state index contributed by atoms with van der Waals surface area (Å²) in [5.74, 6) is 0. The minimum atomic E-state index is -1.15. The van der Waals surface area contributed by atoms with Gasteiger partial charge < -0.3 is 0 Å². The molecule has 0 atom stereocenters. The molecule has 0 amide bonds. The van der Waals surface area contributed by atoms with Gasteiger partial charge in [0, 0.05) is 6.42 Å². The molecule has 2 aromatic rings. The van der Waals surface area contributed by atoms with Crippen LogP contribution in [0.15, 0.2) is 42.5 Å². The van der Waals surface area contributed by atoms with Crippen molar-refractivity contribution in [2.24, 2.45) is 0 Å². The molecule has 0 heterocycles. The van der Waals surface area contributed by atoms with Gasteiger partial charge in [-0.1, -0.05) is 42.5 Å². The third-order valence-electron chi connectivity index (χ3n) is 2.49. The molecule has 0 radical (unpaired) electrons. The lowest BCUT2D eigenvalue weighted by molar-refractivity contribution is 0.217. The maximum absolute atomic E-state index is 13.6. The zero-order chi connectivity index (χ0) is 10.9. The van der Waals surface area contributed by atoms with E-state index < -0.39 is 5.67 Å². The molecule has 0 aliphatic heterocycles. The summed E-state index contributed by atoms with van der Waals surface area (Å²) in [6.07, 6.45) is 0.467. The highest BCUT2D eigenvalue weighted by Gasteiger charge is 2.17.